The number of likely N-dealkylation sites (tertiary alicyclic amines) is 1. The van der Waals surface area contributed by atoms with E-state index in [-0.39, 0.29) is 18.2 Å². The van der Waals surface area contributed by atoms with E-state index in [0.29, 0.717) is 35.1 Å². The van der Waals surface area contributed by atoms with Gasteiger partial charge in [-0.25, -0.2) is 9.59 Å². The topological polar surface area (TPSA) is 93.1 Å². The van der Waals surface area contributed by atoms with Crippen molar-refractivity contribution in [2.24, 2.45) is 11.8 Å². The van der Waals surface area contributed by atoms with E-state index in [9.17, 15) is 19.5 Å². The first-order valence-corrected chi connectivity index (χ1v) is 13.2. The number of aliphatic carboxylic acids is 1. The summed E-state index contributed by atoms with van der Waals surface area (Å²) in [6.07, 6.45) is 0.0493. The number of benzene rings is 3. The summed E-state index contributed by atoms with van der Waals surface area (Å²) in [4.78, 5) is 39.8. The standard InChI is InChI=1S/C31H32ClNO6/c1-19-14-21(15-20(2)28(19)39-31(3,4)29(35)36)16-23-17-33(30(37)38-25-8-6-5-7-9-25)18-26(23)27(34)22-10-12-24(32)13-11-22/h5-15,23,26H,16-18H2,1-4H3,(H,35,36). The monoisotopic (exact) mass is 549 g/mol. The second kappa shape index (κ2) is 11.5. The van der Waals surface area contributed by atoms with Crippen molar-refractivity contribution in [1.82, 2.24) is 4.90 Å². The largest absolute Gasteiger partial charge is 0.478 e. The van der Waals surface area contributed by atoms with Gasteiger partial charge in [-0.05, 0) is 93.1 Å². The maximum Gasteiger partial charge on any atom is 0.415 e. The molecule has 0 spiro atoms. The molecule has 0 saturated carbocycles. The summed E-state index contributed by atoms with van der Waals surface area (Å²) < 4.78 is 11.4. The highest BCUT2D eigenvalue weighted by Gasteiger charge is 2.40. The maximum absolute atomic E-state index is 13.6. The van der Waals surface area contributed by atoms with E-state index in [1.807, 2.05) is 32.0 Å². The Kier molecular flexibility index (Phi) is 8.31. The van der Waals surface area contributed by atoms with Crippen molar-refractivity contribution < 1.29 is 29.0 Å². The number of aryl methyl sites for hydroxylation is 2. The van der Waals surface area contributed by atoms with Crippen LogP contribution >= 0.6 is 11.6 Å². The smallest absolute Gasteiger partial charge is 0.415 e. The normalized spacial score (nSPS) is 17.1. The number of carbonyl (C=O) groups is 3. The summed E-state index contributed by atoms with van der Waals surface area (Å²) in [7, 11) is 0. The SMILES string of the molecule is Cc1cc(CC2CN(C(=O)Oc3ccccc3)CC2C(=O)c2ccc(Cl)cc2)cc(C)c1OC(C)(C)C(=O)O. The van der Waals surface area contributed by atoms with Gasteiger partial charge in [0.25, 0.3) is 0 Å². The van der Waals surface area contributed by atoms with Crippen LogP contribution < -0.4 is 9.47 Å². The third kappa shape index (κ3) is 6.60. The third-order valence-corrected chi connectivity index (χ3v) is 7.26. The first-order valence-electron chi connectivity index (χ1n) is 12.8. The number of carbonyl (C=O) groups excluding carboxylic acids is 2. The molecule has 2 atom stereocenters. The second-order valence-electron chi connectivity index (χ2n) is 10.5. The molecule has 8 heteroatoms. The molecule has 0 aliphatic carbocycles. The van der Waals surface area contributed by atoms with E-state index in [4.69, 9.17) is 21.1 Å². The Balaban J connectivity index is 1.58. The molecule has 0 bridgehead atoms. The number of carboxylic acids is 1. The lowest BCUT2D eigenvalue weighted by molar-refractivity contribution is -0.152. The molecule has 1 heterocycles. The van der Waals surface area contributed by atoms with Gasteiger partial charge in [-0.15, -0.1) is 0 Å². The van der Waals surface area contributed by atoms with Gasteiger partial charge in [-0.2, -0.15) is 0 Å². The summed E-state index contributed by atoms with van der Waals surface area (Å²) in [5, 5.41) is 10.0. The predicted octanol–water partition coefficient (Wildman–Crippen LogP) is 6.37. The molecule has 204 valence electrons. The molecule has 0 radical (unpaired) electrons. The molecule has 4 rings (SSSR count). The van der Waals surface area contributed by atoms with Crippen LogP contribution in [-0.4, -0.2) is 46.5 Å². The van der Waals surface area contributed by atoms with Crippen molar-refractivity contribution in [3.63, 3.8) is 0 Å². The lowest BCUT2D eigenvalue weighted by Crippen LogP contribution is -2.38. The van der Waals surface area contributed by atoms with Gasteiger partial charge in [-0.3, -0.25) is 4.79 Å². The second-order valence-corrected chi connectivity index (χ2v) is 10.9. The number of hydrogen-bond donors (Lipinski definition) is 1. The van der Waals surface area contributed by atoms with Gasteiger partial charge in [0.15, 0.2) is 11.4 Å². The molecule has 1 saturated heterocycles. The molecule has 1 amide bonds. The molecular formula is C31H32ClNO6. The van der Waals surface area contributed by atoms with E-state index < -0.39 is 23.6 Å². The third-order valence-electron chi connectivity index (χ3n) is 7.00. The predicted molar refractivity (Wildman–Crippen MR) is 149 cm³/mol. The molecule has 1 aliphatic rings. The van der Waals surface area contributed by atoms with Gasteiger partial charge < -0.3 is 19.5 Å². The van der Waals surface area contributed by atoms with Crippen molar-refractivity contribution in [1.29, 1.82) is 0 Å². The maximum atomic E-state index is 13.6. The van der Waals surface area contributed by atoms with E-state index >= 15 is 0 Å². The van der Waals surface area contributed by atoms with Crippen molar-refractivity contribution in [2.45, 2.75) is 39.7 Å². The number of ether oxygens (including phenoxy) is 2. The first kappa shape index (κ1) is 28.2. The van der Waals surface area contributed by atoms with Gasteiger partial charge in [0.2, 0.25) is 0 Å². The molecule has 7 nitrogen and oxygen atoms in total. The van der Waals surface area contributed by atoms with Crippen LogP contribution in [0.15, 0.2) is 66.7 Å². The molecule has 39 heavy (non-hydrogen) atoms. The fourth-order valence-corrected chi connectivity index (χ4v) is 5.05. The zero-order chi connectivity index (χ0) is 28.3. The highest BCUT2D eigenvalue weighted by molar-refractivity contribution is 6.30. The lowest BCUT2D eigenvalue weighted by atomic mass is 9.84. The summed E-state index contributed by atoms with van der Waals surface area (Å²) in [5.74, 6) is -0.725. The number of para-hydroxylation sites is 1. The average molecular weight is 550 g/mol. The molecule has 3 aromatic rings. The fraction of sp³-hybridized carbons (Fsp3) is 0.323. The molecule has 0 aromatic heterocycles. The number of nitrogens with zero attached hydrogens (tertiary/aromatic N) is 1. The Labute approximate surface area is 233 Å². The summed E-state index contributed by atoms with van der Waals surface area (Å²) in [6.45, 7) is 7.37. The highest BCUT2D eigenvalue weighted by atomic mass is 35.5. The molecular weight excluding hydrogens is 518 g/mol. The Bertz CT molecular complexity index is 1350. The van der Waals surface area contributed by atoms with Crippen molar-refractivity contribution in [3.8, 4) is 11.5 Å². The Morgan fingerprint density at radius 1 is 0.974 bits per heavy atom. The van der Waals surface area contributed by atoms with Crippen LogP contribution in [0.4, 0.5) is 4.79 Å². The van der Waals surface area contributed by atoms with E-state index in [0.717, 1.165) is 16.7 Å². The lowest BCUT2D eigenvalue weighted by Gasteiger charge is -2.25. The molecule has 1 fully saturated rings. The van der Waals surface area contributed by atoms with Crippen molar-refractivity contribution in [2.75, 3.05) is 13.1 Å². The molecule has 1 N–H and O–H groups in total. The van der Waals surface area contributed by atoms with Crippen molar-refractivity contribution >= 4 is 29.4 Å². The Hall–Kier alpha value is -3.84. The number of Topliss-reactive ketones (excluding diaryl/α,β-unsaturated/α-hetero) is 1. The summed E-state index contributed by atoms with van der Waals surface area (Å²) >= 11 is 6.03. The minimum Gasteiger partial charge on any atom is -0.478 e. The van der Waals surface area contributed by atoms with Gasteiger partial charge >= 0.3 is 12.1 Å². The number of amides is 1. The highest BCUT2D eigenvalue weighted by Crippen LogP contribution is 2.34. The van der Waals surface area contributed by atoms with Crippen LogP contribution in [-0.2, 0) is 11.2 Å². The van der Waals surface area contributed by atoms with Gasteiger partial charge in [0, 0.05) is 29.6 Å². The van der Waals surface area contributed by atoms with Crippen LogP contribution in [0.25, 0.3) is 0 Å². The number of ketones is 1. The molecule has 1 aliphatic heterocycles. The summed E-state index contributed by atoms with van der Waals surface area (Å²) in [6, 6.07) is 19.5. The van der Waals surface area contributed by atoms with Crippen LogP contribution in [0.5, 0.6) is 11.5 Å². The van der Waals surface area contributed by atoms with E-state index in [2.05, 4.69) is 0 Å². The van der Waals surface area contributed by atoms with Gasteiger partial charge in [-0.1, -0.05) is 41.9 Å². The number of carboxylic acid groups (broad SMARTS) is 1. The quantitative estimate of drug-likeness (QED) is 0.328. The average Bonchev–Trinajstić information content (AvgIpc) is 3.30. The zero-order valence-electron chi connectivity index (χ0n) is 22.4. The van der Waals surface area contributed by atoms with E-state index in [1.165, 1.54) is 13.8 Å². The van der Waals surface area contributed by atoms with Crippen LogP contribution in [0.2, 0.25) is 5.02 Å². The minimum atomic E-state index is -1.38. The minimum absolute atomic E-state index is 0.0525. The number of rotatable bonds is 8. The Morgan fingerprint density at radius 3 is 2.18 bits per heavy atom. The van der Waals surface area contributed by atoms with Crippen molar-refractivity contribution in [3.05, 3.63) is 94.0 Å². The first-order chi connectivity index (χ1) is 18.4. The van der Waals surface area contributed by atoms with Crippen LogP contribution in [0.1, 0.15) is 40.9 Å². The Morgan fingerprint density at radius 2 is 1.59 bits per heavy atom. The fourth-order valence-electron chi connectivity index (χ4n) is 4.93. The zero-order valence-corrected chi connectivity index (χ0v) is 23.2. The molecule has 2 unspecified atom stereocenters. The van der Waals surface area contributed by atoms with Gasteiger partial charge in [0.05, 0.1) is 0 Å². The van der Waals surface area contributed by atoms with Crippen LogP contribution in [0.3, 0.4) is 0 Å². The van der Waals surface area contributed by atoms with Crippen LogP contribution in [0, 0.1) is 25.7 Å². The summed E-state index contributed by atoms with van der Waals surface area (Å²) in [5.41, 5.74) is 1.75. The molecule has 3 aromatic carbocycles. The van der Waals surface area contributed by atoms with Gasteiger partial charge in [0.1, 0.15) is 11.5 Å². The number of hydrogen-bond acceptors (Lipinski definition) is 5. The number of halogens is 1. The van der Waals surface area contributed by atoms with E-state index in [1.54, 1.807) is 53.4 Å².